The van der Waals surface area contributed by atoms with Gasteiger partial charge in [0.15, 0.2) is 0 Å². The van der Waals surface area contributed by atoms with E-state index in [2.05, 4.69) is 5.10 Å². The van der Waals surface area contributed by atoms with Crippen LogP contribution in [-0.2, 0) is 0 Å². The fourth-order valence-corrected chi connectivity index (χ4v) is 0.895. The maximum atomic E-state index is 11.9. The van der Waals surface area contributed by atoms with Gasteiger partial charge in [0.2, 0.25) is 0 Å². The van der Waals surface area contributed by atoms with E-state index in [1.165, 1.54) is 6.21 Å². The molecule has 0 bridgehead atoms. The number of nitrogens with zero attached hydrogens (tertiary/aromatic N) is 2. The van der Waals surface area contributed by atoms with Crippen LogP contribution >= 0.6 is 0 Å². The Balaban J connectivity index is 2.50. The molecule has 0 aromatic heterocycles. The van der Waals surface area contributed by atoms with Crippen LogP contribution in [0.3, 0.4) is 0 Å². The van der Waals surface area contributed by atoms with Crippen LogP contribution < -0.4 is 0 Å². The first-order valence-corrected chi connectivity index (χ1v) is 3.42. The molecule has 2 nitrogen and oxygen atoms in total. The molecule has 1 heterocycles. The maximum Gasteiger partial charge on any atom is 0.500 e. The number of halogens is 3. The molecule has 0 aromatic rings. The highest BCUT2D eigenvalue weighted by Gasteiger charge is 2.39. The van der Waals surface area contributed by atoms with E-state index in [1.807, 2.05) is 6.92 Å². The van der Waals surface area contributed by atoms with Gasteiger partial charge in [0.05, 0.1) is 6.54 Å². The minimum absolute atomic E-state index is 0.0278. The third-order valence-electron chi connectivity index (χ3n) is 1.64. The van der Waals surface area contributed by atoms with Crippen molar-refractivity contribution < 1.29 is 13.2 Å². The first-order chi connectivity index (χ1) is 5.04. The second-order valence-electron chi connectivity index (χ2n) is 2.48. The van der Waals surface area contributed by atoms with E-state index in [0.29, 0.717) is 6.42 Å². The summed E-state index contributed by atoms with van der Waals surface area (Å²) in [6.07, 6.45) is -2.25. The summed E-state index contributed by atoms with van der Waals surface area (Å²) >= 11 is 0. The van der Waals surface area contributed by atoms with E-state index in [1.54, 1.807) is 0 Å². The number of hydrazone groups is 1. The Morgan fingerprint density at radius 1 is 1.64 bits per heavy atom. The number of alkyl halides is 3. The quantitative estimate of drug-likeness (QED) is 0.542. The number of hydrogen-bond acceptors (Lipinski definition) is 2. The van der Waals surface area contributed by atoms with Gasteiger partial charge in [0.25, 0.3) is 0 Å². The summed E-state index contributed by atoms with van der Waals surface area (Å²) in [5.74, 6) is -0.0448. The van der Waals surface area contributed by atoms with Crippen LogP contribution in [0.15, 0.2) is 5.10 Å². The third kappa shape index (κ3) is 1.85. The van der Waals surface area contributed by atoms with Crippen LogP contribution in [0.5, 0.6) is 0 Å². The van der Waals surface area contributed by atoms with Gasteiger partial charge in [-0.05, 0) is 6.42 Å². The molecule has 64 valence electrons. The molecule has 0 aromatic carbocycles. The van der Waals surface area contributed by atoms with Crippen molar-refractivity contribution in [3.8, 4) is 0 Å². The Morgan fingerprint density at radius 3 is 2.55 bits per heavy atom. The lowest BCUT2D eigenvalue weighted by Crippen LogP contribution is -2.32. The molecule has 1 unspecified atom stereocenters. The Kier molecular flexibility index (Phi) is 2.06. The highest BCUT2D eigenvalue weighted by atomic mass is 19.4. The highest BCUT2D eigenvalue weighted by molar-refractivity contribution is 5.62. The van der Waals surface area contributed by atoms with Gasteiger partial charge in [0, 0.05) is 12.1 Å². The van der Waals surface area contributed by atoms with E-state index < -0.39 is 6.30 Å². The van der Waals surface area contributed by atoms with Crippen LogP contribution in [0.1, 0.15) is 13.3 Å². The molecule has 1 aliphatic heterocycles. The zero-order valence-electron chi connectivity index (χ0n) is 6.10. The lowest BCUT2D eigenvalue weighted by atomic mass is 10.1. The van der Waals surface area contributed by atoms with Crippen molar-refractivity contribution in [3.63, 3.8) is 0 Å². The molecule has 0 radical (unpaired) electrons. The van der Waals surface area contributed by atoms with E-state index in [0.717, 1.165) is 0 Å². The Bertz CT molecular complexity index is 164. The molecule has 0 N–H and O–H groups in total. The fraction of sp³-hybridized carbons (Fsp3) is 0.833. The summed E-state index contributed by atoms with van der Waals surface area (Å²) in [5, 5.41) is 3.41. The SMILES string of the molecule is CCC1C=NN(C(F)(F)F)C1. The summed E-state index contributed by atoms with van der Waals surface area (Å²) in [7, 11) is 0. The topological polar surface area (TPSA) is 15.6 Å². The second-order valence-corrected chi connectivity index (χ2v) is 2.48. The average Bonchev–Trinajstić information content (AvgIpc) is 2.32. The van der Waals surface area contributed by atoms with Gasteiger partial charge >= 0.3 is 6.30 Å². The van der Waals surface area contributed by atoms with Crippen LogP contribution in [0.2, 0.25) is 0 Å². The van der Waals surface area contributed by atoms with Crippen molar-refractivity contribution in [2.45, 2.75) is 19.6 Å². The van der Waals surface area contributed by atoms with Crippen LogP contribution in [-0.4, -0.2) is 24.1 Å². The predicted octanol–water partition coefficient (Wildman–Crippen LogP) is 1.83. The molecule has 1 aliphatic rings. The van der Waals surface area contributed by atoms with Crippen molar-refractivity contribution in [1.82, 2.24) is 5.01 Å². The molecule has 11 heavy (non-hydrogen) atoms. The Hall–Kier alpha value is -0.740. The number of hydrogen-bond donors (Lipinski definition) is 0. The van der Waals surface area contributed by atoms with Crippen molar-refractivity contribution in [2.75, 3.05) is 6.54 Å². The molecule has 0 aliphatic carbocycles. The van der Waals surface area contributed by atoms with Crippen molar-refractivity contribution >= 4 is 6.21 Å². The van der Waals surface area contributed by atoms with Crippen LogP contribution in [0.4, 0.5) is 13.2 Å². The van der Waals surface area contributed by atoms with Crippen molar-refractivity contribution in [2.24, 2.45) is 11.0 Å². The first kappa shape index (κ1) is 8.36. The molecule has 1 atom stereocenters. The fourth-order valence-electron chi connectivity index (χ4n) is 0.895. The predicted molar refractivity (Wildman–Crippen MR) is 35.0 cm³/mol. The third-order valence-corrected chi connectivity index (χ3v) is 1.64. The standard InChI is InChI=1S/C6H9F3N2/c1-2-5-3-10-11(4-5)6(7,8)9/h3,5H,2,4H2,1H3. The normalized spacial score (nSPS) is 24.7. The largest absolute Gasteiger partial charge is 0.500 e. The van der Waals surface area contributed by atoms with Crippen molar-refractivity contribution in [1.29, 1.82) is 0 Å². The molecule has 0 amide bonds. The highest BCUT2D eigenvalue weighted by Crippen LogP contribution is 2.25. The zero-order valence-corrected chi connectivity index (χ0v) is 6.10. The number of rotatable bonds is 1. The van der Waals surface area contributed by atoms with Gasteiger partial charge in [-0.25, -0.2) is 5.01 Å². The van der Waals surface area contributed by atoms with Crippen LogP contribution in [0.25, 0.3) is 0 Å². The zero-order chi connectivity index (χ0) is 8.48. The van der Waals surface area contributed by atoms with E-state index in [4.69, 9.17) is 0 Å². The summed E-state index contributed by atoms with van der Waals surface area (Å²) < 4.78 is 35.6. The summed E-state index contributed by atoms with van der Waals surface area (Å²) in [6.45, 7) is 1.82. The lowest BCUT2D eigenvalue weighted by molar-refractivity contribution is -0.244. The van der Waals surface area contributed by atoms with Gasteiger partial charge in [-0.1, -0.05) is 6.92 Å². The van der Waals surface area contributed by atoms with Gasteiger partial charge in [-0.15, -0.1) is 13.2 Å². The van der Waals surface area contributed by atoms with Gasteiger partial charge < -0.3 is 0 Å². The van der Waals surface area contributed by atoms with Gasteiger partial charge in [-0.3, -0.25) is 0 Å². The molecule has 1 rings (SSSR count). The minimum Gasteiger partial charge on any atom is -0.204 e. The Labute approximate surface area is 62.7 Å². The van der Waals surface area contributed by atoms with Crippen molar-refractivity contribution in [3.05, 3.63) is 0 Å². The van der Waals surface area contributed by atoms with E-state index in [-0.39, 0.29) is 17.5 Å². The molecule has 0 saturated carbocycles. The summed E-state index contributed by atoms with van der Waals surface area (Å²) in [4.78, 5) is 0. The van der Waals surface area contributed by atoms with Crippen LogP contribution in [0, 0.1) is 5.92 Å². The van der Waals surface area contributed by atoms with Gasteiger partial charge in [-0.2, -0.15) is 5.10 Å². The molecule has 0 fully saturated rings. The molecular weight excluding hydrogens is 157 g/mol. The second kappa shape index (κ2) is 2.71. The van der Waals surface area contributed by atoms with E-state index in [9.17, 15) is 13.2 Å². The summed E-state index contributed by atoms with van der Waals surface area (Å²) in [5.41, 5.74) is 0. The molecule has 0 saturated heterocycles. The smallest absolute Gasteiger partial charge is 0.204 e. The maximum absolute atomic E-state index is 11.9. The molecule has 0 spiro atoms. The molecule has 5 heteroatoms. The molecular formula is C6H9F3N2. The monoisotopic (exact) mass is 166 g/mol. The minimum atomic E-state index is -4.31. The van der Waals surface area contributed by atoms with Gasteiger partial charge in [0.1, 0.15) is 0 Å². The Morgan fingerprint density at radius 2 is 2.27 bits per heavy atom. The summed E-state index contributed by atoms with van der Waals surface area (Å²) in [6, 6.07) is 0. The van der Waals surface area contributed by atoms with E-state index >= 15 is 0 Å². The average molecular weight is 166 g/mol. The first-order valence-electron chi connectivity index (χ1n) is 3.42. The lowest BCUT2D eigenvalue weighted by Gasteiger charge is -2.17.